The van der Waals surface area contributed by atoms with Gasteiger partial charge in [-0.2, -0.15) is 0 Å². The lowest BCUT2D eigenvalue weighted by Crippen LogP contribution is -2.49. The van der Waals surface area contributed by atoms with Gasteiger partial charge in [-0.1, -0.05) is 30.3 Å². The van der Waals surface area contributed by atoms with Crippen molar-refractivity contribution in [1.29, 1.82) is 0 Å². The summed E-state index contributed by atoms with van der Waals surface area (Å²) in [5.74, 6) is -0.575. The van der Waals surface area contributed by atoms with Gasteiger partial charge in [-0.3, -0.25) is 14.5 Å². The highest BCUT2D eigenvalue weighted by Crippen LogP contribution is 2.28. The largest absolute Gasteiger partial charge is 0.442 e. The normalized spacial score (nSPS) is 18.3. The van der Waals surface area contributed by atoms with Crippen molar-refractivity contribution in [3.8, 4) is 0 Å². The molecule has 3 amide bonds. The number of rotatable bonds is 6. The quantitative estimate of drug-likeness (QED) is 0.724. The van der Waals surface area contributed by atoms with Gasteiger partial charge in [-0.05, 0) is 23.8 Å². The fourth-order valence-electron chi connectivity index (χ4n) is 4.10. The molecule has 33 heavy (non-hydrogen) atoms. The number of halogens is 1. The molecule has 9 heteroatoms. The Morgan fingerprint density at radius 1 is 1.09 bits per heavy atom. The zero-order valence-corrected chi connectivity index (χ0v) is 18.5. The van der Waals surface area contributed by atoms with E-state index in [2.05, 4.69) is 5.32 Å². The molecule has 0 bridgehead atoms. The second-order valence-electron chi connectivity index (χ2n) is 8.22. The Hall–Kier alpha value is -3.62. The van der Waals surface area contributed by atoms with E-state index >= 15 is 0 Å². The zero-order valence-electron chi connectivity index (χ0n) is 18.5. The Morgan fingerprint density at radius 2 is 1.82 bits per heavy atom. The molecule has 1 unspecified atom stereocenters. The van der Waals surface area contributed by atoms with Crippen molar-refractivity contribution in [2.75, 3.05) is 49.1 Å². The predicted octanol–water partition coefficient (Wildman–Crippen LogP) is 2.18. The minimum Gasteiger partial charge on any atom is -0.442 e. The van der Waals surface area contributed by atoms with Crippen LogP contribution in [0.5, 0.6) is 0 Å². The van der Waals surface area contributed by atoms with Gasteiger partial charge in [-0.15, -0.1) is 0 Å². The van der Waals surface area contributed by atoms with Crippen LogP contribution in [0.2, 0.25) is 0 Å². The summed E-state index contributed by atoms with van der Waals surface area (Å²) >= 11 is 0. The molecule has 0 aliphatic carbocycles. The van der Waals surface area contributed by atoms with Crippen molar-refractivity contribution in [3.05, 3.63) is 59.9 Å². The molecule has 174 valence electrons. The summed E-state index contributed by atoms with van der Waals surface area (Å²) < 4.78 is 20.2. The summed E-state index contributed by atoms with van der Waals surface area (Å²) in [5.41, 5.74) is 1.82. The van der Waals surface area contributed by atoms with E-state index in [9.17, 15) is 18.8 Å². The Labute approximate surface area is 191 Å². The van der Waals surface area contributed by atoms with Crippen LogP contribution in [-0.4, -0.2) is 68.2 Å². The highest BCUT2D eigenvalue weighted by Gasteiger charge is 2.33. The summed E-state index contributed by atoms with van der Waals surface area (Å²) in [7, 11) is 0. The number of carbonyl (C=O) groups excluding carboxylic acids is 3. The van der Waals surface area contributed by atoms with Crippen molar-refractivity contribution in [1.82, 2.24) is 10.2 Å². The summed E-state index contributed by atoms with van der Waals surface area (Å²) in [5, 5.41) is 2.62. The average molecular weight is 455 g/mol. The standard InChI is InChI=1S/C24H27FN4O4/c1-17(30)26-15-20-16-29(24(32)33-20)19-7-8-22(21(25)14-19)27-9-11-28(12-10-27)23(31)13-18-5-3-2-4-6-18/h2-8,14,20H,9-13,15-16H2,1H3,(H,26,30). The minimum absolute atomic E-state index is 0.0676. The number of carbonyl (C=O) groups is 3. The van der Waals surface area contributed by atoms with Crippen molar-refractivity contribution >= 4 is 29.3 Å². The van der Waals surface area contributed by atoms with Gasteiger partial charge in [0.05, 0.1) is 30.9 Å². The molecule has 2 heterocycles. The maximum Gasteiger partial charge on any atom is 0.414 e. The molecule has 2 aromatic rings. The van der Waals surface area contributed by atoms with Gasteiger partial charge in [0.1, 0.15) is 11.9 Å². The van der Waals surface area contributed by atoms with Crippen molar-refractivity contribution in [2.24, 2.45) is 0 Å². The number of nitrogens with zero attached hydrogens (tertiary/aromatic N) is 3. The number of nitrogens with one attached hydrogen (secondary N) is 1. The van der Waals surface area contributed by atoms with E-state index in [0.717, 1.165) is 5.56 Å². The molecular formula is C24H27FN4O4. The first-order valence-electron chi connectivity index (χ1n) is 11.0. The molecule has 1 N–H and O–H groups in total. The van der Waals surface area contributed by atoms with Crippen LogP contribution >= 0.6 is 0 Å². The van der Waals surface area contributed by atoms with Crippen molar-refractivity contribution in [2.45, 2.75) is 19.4 Å². The monoisotopic (exact) mass is 454 g/mol. The molecule has 1 atom stereocenters. The van der Waals surface area contributed by atoms with Crippen molar-refractivity contribution in [3.63, 3.8) is 0 Å². The Bertz CT molecular complexity index is 1020. The average Bonchev–Trinajstić information content (AvgIpc) is 3.19. The number of hydrogen-bond donors (Lipinski definition) is 1. The lowest BCUT2D eigenvalue weighted by atomic mass is 10.1. The molecular weight excluding hydrogens is 427 g/mol. The SMILES string of the molecule is CC(=O)NCC1CN(c2ccc(N3CCN(C(=O)Cc4ccccc4)CC3)c(F)c2)C(=O)O1. The molecule has 2 fully saturated rings. The molecule has 2 aromatic carbocycles. The number of amides is 3. The first kappa shape index (κ1) is 22.6. The molecule has 0 aromatic heterocycles. The summed E-state index contributed by atoms with van der Waals surface area (Å²) in [6, 6.07) is 14.3. The van der Waals surface area contributed by atoms with Gasteiger partial charge in [0.2, 0.25) is 11.8 Å². The van der Waals surface area contributed by atoms with Crippen LogP contribution in [0.4, 0.5) is 20.6 Å². The van der Waals surface area contributed by atoms with E-state index in [1.54, 1.807) is 12.1 Å². The predicted molar refractivity (Wildman–Crippen MR) is 122 cm³/mol. The van der Waals surface area contributed by atoms with E-state index in [1.807, 2.05) is 40.1 Å². The summed E-state index contributed by atoms with van der Waals surface area (Å²) in [6.45, 7) is 3.95. The van der Waals surface area contributed by atoms with E-state index in [4.69, 9.17) is 4.74 Å². The second kappa shape index (κ2) is 9.89. The third-order valence-corrected chi connectivity index (χ3v) is 5.87. The summed E-state index contributed by atoms with van der Waals surface area (Å²) in [4.78, 5) is 40.9. The first-order chi connectivity index (χ1) is 15.9. The van der Waals surface area contributed by atoms with Gasteiger partial charge in [0.25, 0.3) is 0 Å². The van der Waals surface area contributed by atoms with Crippen molar-refractivity contribution < 1.29 is 23.5 Å². The Balaban J connectivity index is 1.34. The number of piperazine rings is 1. The molecule has 0 saturated carbocycles. The highest BCUT2D eigenvalue weighted by molar-refractivity contribution is 5.90. The van der Waals surface area contributed by atoms with E-state index in [0.29, 0.717) is 44.0 Å². The van der Waals surface area contributed by atoms with E-state index in [-0.39, 0.29) is 24.9 Å². The highest BCUT2D eigenvalue weighted by atomic mass is 19.1. The molecule has 2 aliphatic rings. The minimum atomic E-state index is -0.567. The molecule has 0 spiro atoms. The Kier molecular flexibility index (Phi) is 6.76. The van der Waals surface area contributed by atoms with Crippen LogP contribution in [0.25, 0.3) is 0 Å². The fourth-order valence-corrected chi connectivity index (χ4v) is 4.10. The van der Waals surface area contributed by atoms with Gasteiger partial charge >= 0.3 is 6.09 Å². The van der Waals surface area contributed by atoms with Crippen LogP contribution in [0.15, 0.2) is 48.5 Å². The number of hydrogen-bond acceptors (Lipinski definition) is 5. The number of ether oxygens (including phenoxy) is 1. The molecule has 4 rings (SSSR count). The lowest BCUT2D eigenvalue weighted by Gasteiger charge is -2.36. The van der Waals surface area contributed by atoms with Gasteiger partial charge in [0, 0.05) is 33.1 Å². The fraction of sp³-hybridized carbons (Fsp3) is 0.375. The second-order valence-corrected chi connectivity index (χ2v) is 8.22. The first-order valence-corrected chi connectivity index (χ1v) is 11.0. The van der Waals surface area contributed by atoms with Crippen LogP contribution < -0.4 is 15.1 Å². The third-order valence-electron chi connectivity index (χ3n) is 5.87. The van der Waals surface area contributed by atoms with Gasteiger partial charge in [-0.25, -0.2) is 9.18 Å². The maximum atomic E-state index is 15.0. The molecule has 2 saturated heterocycles. The number of anilines is 2. The van der Waals surface area contributed by atoms with Gasteiger partial charge < -0.3 is 19.9 Å². The Morgan fingerprint density at radius 3 is 2.48 bits per heavy atom. The van der Waals surface area contributed by atoms with Crippen LogP contribution in [0.1, 0.15) is 12.5 Å². The molecule has 8 nitrogen and oxygen atoms in total. The van der Waals surface area contributed by atoms with Crippen LogP contribution in [0, 0.1) is 5.82 Å². The number of cyclic esters (lactones) is 1. The molecule has 0 radical (unpaired) electrons. The van der Waals surface area contributed by atoms with Gasteiger partial charge in [0.15, 0.2) is 0 Å². The maximum absolute atomic E-state index is 15.0. The smallest absolute Gasteiger partial charge is 0.414 e. The topological polar surface area (TPSA) is 82.2 Å². The lowest BCUT2D eigenvalue weighted by molar-refractivity contribution is -0.130. The zero-order chi connectivity index (χ0) is 23.4. The van der Waals surface area contributed by atoms with Crippen LogP contribution in [0.3, 0.4) is 0 Å². The summed E-state index contributed by atoms with van der Waals surface area (Å²) in [6.07, 6.45) is -0.688. The number of benzene rings is 2. The van der Waals surface area contributed by atoms with E-state index in [1.165, 1.54) is 17.9 Å². The van der Waals surface area contributed by atoms with E-state index < -0.39 is 18.0 Å². The third kappa shape index (κ3) is 5.42. The van der Waals surface area contributed by atoms with Crippen LogP contribution in [-0.2, 0) is 20.7 Å². The molecule has 2 aliphatic heterocycles.